The Bertz CT molecular complexity index is 347. The Labute approximate surface area is 110 Å². The average Bonchev–Trinajstić information content (AvgIpc) is 2.70. The highest BCUT2D eigenvalue weighted by molar-refractivity contribution is 5.10. The highest BCUT2D eigenvalue weighted by atomic mass is 16.3. The summed E-state index contributed by atoms with van der Waals surface area (Å²) < 4.78 is 2.03. The fraction of sp³-hybridized carbons (Fsp3) is 0.786. The Kier molecular flexibility index (Phi) is 6.36. The maximum Gasteiger partial charge on any atom is 0.0667 e. The second kappa shape index (κ2) is 7.54. The van der Waals surface area contributed by atoms with E-state index < -0.39 is 0 Å². The minimum absolute atomic E-state index is 0.256. The molecule has 1 rings (SSSR count). The van der Waals surface area contributed by atoms with Crippen LogP contribution in [0.1, 0.15) is 45.5 Å². The van der Waals surface area contributed by atoms with Crippen LogP contribution < -0.4 is 5.32 Å². The number of aliphatic hydroxyl groups is 1. The molecule has 18 heavy (non-hydrogen) atoms. The zero-order chi connectivity index (χ0) is 13.5. The number of hydrogen-bond acceptors (Lipinski definition) is 3. The van der Waals surface area contributed by atoms with E-state index in [0.29, 0.717) is 12.5 Å². The van der Waals surface area contributed by atoms with Crippen LogP contribution in [0.3, 0.4) is 0 Å². The molecule has 104 valence electrons. The molecular formula is C14H27N3O. The van der Waals surface area contributed by atoms with Gasteiger partial charge in [-0.1, -0.05) is 20.8 Å². The molecular weight excluding hydrogens is 226 g/mol. The van der Waals surface area contributed by atoms with Gasteiger partial charge in [0.15, 0.2) is 0 Å². The summed E-state index contributed by atoms with van der Waals surface area (Å²) in [5.74, 6) is 0.537. The van der Waals surface area contributed by atoms with Gasteiger partial charge in [0.05, 0.1) is 17.5 Å². The number of hydrogen-bond donors (Lipinski definition) is 2. The first-order chi connectivity index (χ1) is 8.56. The Hall–Kier alpha value is -0.870. The number of aryl methyl sites for hydroxylation is 2. The van der Waals surface area contributed by atoms with Crippen LogP contribution in [0.4, 0.5) is 0 Å². The molecule has 0 saturated heterocycles. The largest absolute Gasteiger partial charge is 0.392 e. The van der Waals surface area contributed by atoms with Crippen molar-refractivity contribution in [3.8, 4) is 0 Å². The quantitative estimate of drug-likeness (QED) is 0.744. The van der Waals surface area contributed by atoms with E-state index in [0.717, 1.165) is 31.6 Å². The van der Waals surface area contributed by atoms with E-state index in [2.05, 4.69) is 44.2 Å². The fourth-order valence-corrected chi connectivity index (χ4v) is 2.10. The van der Waals surface area contributed by atoms with E-state index in [1.165, 1.54) is 5.69 Å². The molecule has 0 saturated carbocycles. The molecule has 1 aromatic heterocycles. The van der Waals surface area contributed by atoms with Crippen LogP contribution in [0.2, 0.25) is 0 Å². The van der Waals surface area contributed by atoms with Crippen LogP contribution in [0.5, 0.6) is 0 Å². The van der Waals surface area contributed by atoms with Crippen LogP contribution >= 0.6 is 0 Å². The van der Waals surface area contributed by atoms with Crippen molar-refractivity contribution in [3.05, 3.63) is 17.5 Å². The third-order valence-electron chi connectivity index (χ3n) is 3.01. The Morgan fingerprint density at radius 1 is 1.39 bits per heavy atom. The number of nitrogens with zero attached hydrogens (tertiary/aromatic N) is 2. The molecule has 0 aliphatic carbocycles. The highest BCUT2D eigenvalue weighted by Gasteiger charge is 2.08. The summed E-state index contributed by atoms with van der Waals surface area (Å²) >= 11 is 0. The Morgan fingerprint density at radius 2 is 2.11 bits per heavy atom. The second-order valence-electron chi connectivity index (χ2n) is 5.21. The van der Waals surface area contributed by atoms with Gasteiger partial charge in [-0.05, 0) is 31.7 Å². The summed E-state index contributed by atoms with van der Waals surface area (Å²) in [6.45, 7) is 10.8. The first kappa shape index (κ1) is 15.2. The average molecular weight is 253 g/mol. The van der Waals surface area contributed by atoms with Crippen LogP contribution in [0.15, 0.2) is 6.07 Å². The summed E-state index contributed by atoms with van der Waals surface area (Å²) in [6, 6.07) is 2.14. The lowest BCUT2D eigenvalue weighted by Crippen LogP contribution is -2.28. The first-order valence-corrected chi connectivity index (χ1v) is 7.01. The summed E-state index contributed by atoms with van der Waals surface area (Å²) in [5, 5.41) is 17.6. The molecule has 1 unspecified atom stereocenters. The van der Waals surface area contributed by atoms with Gasteiger partial charge in [0.2, 0.25) is 0 Å². The predicted octanol–water partition coefficient (Wildman–Crippen LogP) is 1.96. The molecule has 4 heteroatoms. The Balaban J connectivity index is 2.40. The van der Waals surface area contributed by atoms with Gasteiger partial charge >= 0.3 is 0 Å². The van der Waals surface area contributed by atoms with Crippen LogP contribution in [0, 0.1) is 5.92 Å². The first-order valence-electron chi connectivity index (χ1n) is 7.01. The van der Waals surface area contributed by atoms with E-state index >= 15 is 0 Å². The van der Waals surface area contributed by atoms with Crippen molar-refractivity contribution in [1.82, 2.24) is 15.1 Å². The minimum atomic E-state index is -0.256. The van der Waals surface area contributed by atoms with Gasteiger partial charge in [-0.25, -0.2) is 0 Å². The molecule has 0 bridgehead atoms. The molecule has 1 atom stereocenters. The Morgan fingerprint density at radius 3 is 2.67 bits per heavy atom. The third-order valence-corrected chi connectivity index (χ3v) is 3.01. The van der Waals surface area contributed by atoms with Crippen molar-refractivity contribution < 1.29 is 5.11 Å². The van der Waals surface area contributed by atoms with Crippen molar-refractivity contribution in [2.45, 2.75) is 59.7 Å². The normalized spacial score (nSPS) is 13.2. The standard InChI is InChI=1S/C14H27N3O/c1-5-12-8-13(17(6-2)16-12)9-15-10-14(18)7-11(3)4/h8,11,14-15,18H,5-7,9-10H2,1-4H3. The van der Waals surface area contributed by atoms with E-state index in [4.69, 9.17) is 0 Å². The van der Waals surface area contributed by atoms with Gasteiger partial charge in [0, 0.05) is 19.6 Å². The van der Waals surface area contributed by atoms with Gasteiger partial charge in [-0.15, -0.1) is 0 Å². The lowest BCUT2D eigenvalue weighted by atomic mass is 10.1. The van der Waals surface area contributed by atoms with Crippen LogP contribution in [-0.2, 0) is 19.5 Å². The molecule has 0 spiro atoms. The molecule has 0 radical (unpaired) electrons. The van der Waals surface area contributed by atoms with Crippen molar-refractivity contribution in [3.63, 3.8) is 0 Å². The molecule has 0 amide bonds. The van der Waals surface area contributed by atoms with Gasteiger partial charge in [0.1, 0.15) is 0 Å². The highest BCUT2D eigenvalue weighted by Crippen LogP contribution is 2.06. The summed E-state index contributed by atoms with van der Waals surface area (Å²) in [4.78, 5) is 0. The maximum atomic E-state index is 9.79. The molecule has 2 N–H and O–H groups in total. The number of aromatic nitrogens is 2. The molecule has 0 aliphatic heterocycles. The minimum Gasteiger partial charge on any atom is -0.392 e. The van der Waals surface area contributed by atoms with Gasteiger partial charge in [0.25, 0.3) is 0 Å². The molecule has 4 nitrogen and oxygen atoms in total. The number of rotatable bonds is 8. The van der Waals surface area contributed by atoms with Crippen LogP contribution in [0.25, 0.3) is 0 Å². The van der Waals surface area contributed by atoms with Gasteiger partial charge < -0.3 is 10.4 Å². The monoisotopic (exact) mass is 253 g/mol. The second-order valence-corrected chi connectivity index (χ2v) is 5.21. The summed E-state index contributed by atoms with van der Waals surface area (Å²) in [6.07, 6.45) is 1.56. The third kappa shape index (κ3) is 4.78. The van der Waals surface area contributed by atoms with Crippen molar-refractivity contribution in [1.29, 1.82) is 0 Å². The molecule has 0 aliphatic rings. The molecule has 0 aromatic carbocycles. The summed E-state index contributed by atoms with van der Waals surface area (Å²) in [7, 11) is 0. The molecule has 1 heterocycles. The smallest absolute Gasteiger partial charge is 0.0667 e. The topological polar surface area (TPSA) is 50.1 Å². The van der Waals surface area contributed by atoms with Crippen LogP contribution in [-0.4, -0.2) is 27.5 Å². The summed E-state index contributed by atoms with van der Waals surface area (Å²) in [5.41, 5.74) is 2.34. The van der Waals surface area contributed by atoms with E-state index in [1.807, 2.05) is 4.68 Å². The van der Waals surface area contributed by atoms with Gasteiger partial charge in [-0.3, -0.25) is 4.68 Å². The molecule has 0 fully saturated rings. The zero-order valence-electron chi connectivity index (χ0n) is 12.1. The lowest BCUT2D eigenvalue weighted by Gasteiger charge is -2.14. The van der Waals surface area contributed by atoms with Crippen molar-refractivity contribution in [2.75, 3.05) is 6.54 Å². The van der Waals surface area contributed by atoms with Crippen molar-refractivity contribution in [2.24, 2.45) is 5.92 Å². The SMILES string of the molecule is CCc1cc(CNCC(O)CC(C)C)n(CC)n1. The number of nitrogens with one attached hydrogen (secondary N) is 1. The predicted molar refractivity (Wildman–Crippen MR) is 74.4 cm³/mol. The number of aliphatic hydroxyl groups excluding tert-OH is 1. The molecule has 1 aromatic rings. The van der Waals surface area contributed by atoms with E-state index in [1.54, 1.807) is 0 Å². The van der Waals surface area contributed by atoms with Gasteiger partial charge in [-0.2, -0.15) is 5.10 Å². The maximum absolute atomic E-state index is 9.79. The van der Waals surface area contributed by atoms with E-state index in [-0.39, 0.29) is 6.10 Å². The lowest BCUT2D eigenvalue weighted by molar-refractivity contribution is 0.146. The van der Waals surface area contributed by atoms with E-state index in [9.17, 15) is 5.11 Å². The van der Waals surface area contributed by atoms with Crippen molar-refractivity contribution >= 4 is 0 Å². The fourth-order valence-electron chi connectivity index (χ4n) is 2.10. The zero-order valence-corrected chi connectivity index (χ0v) is 12.1.